The molecule has 1 heterocycles. The van der Waals surface area contributed by atoms with Gasteiger partial charge in [0.05, 0.1) is 11.1 Å². The van der Waals surface area contributed by atoms with Gasteiger partial charge >= 0.3 is 0 Å². The van der Waals surface area contributed by atoms with Gasteiger partial charge in [0.2, 0.25) is 15.9 Å². The summed E-state index contributed by atoms with van der Waals surface area (Å²) in [5, 5.41) is 13.0. The summed E-state index contributed by atoms with van der Waals surface area (Å²) in [4.78, 5) is 11.6. The lowest BCUT2D eigenvalue weighted by Gasteiger charge is -2.14. The number of nitrogens with two attached hydrogens (primary N) is 2. The van der Waals surface area contributed by atoms with E-state index in [0.29, 0.717) is 17.7 Å². The van der Waals surface area contributed by atoms with Gasteiger partial charge in [-0.05, 0) is 24.5 Å². The van der Waals surface area contributed by atoms with E-state index < -0.39 is 22.0 Å². The van der Waals surface area contributed by atoms with Crippen LogP contribution in [0.3, 0.4) is 0 Å². The van der Waals surface area contributed by atoms with Crippen LogP contribution in [0.2, 0.25) is 0 Å². The van der Waals surface area contributed by atoms with E-state index >= 15 is 0 Å². The van der Waals surface area contributed by atoms with Gasteiger partial charge in [-0.1, -0.05) is 31.2 Å². The molecule has 0 aliphatic carbocycles. The van der Waals surface area contributed by atoms with Crippen LogP contribution in [0.25, 0.3) is 11.3 Å². The Morgan fingerprint density at radius 2 is 1.87 bits per heavy atom. The van der Waals surface area contributed by atoms with Crippen molar-refractivity contribution in [3.8, 4) is 11.3 Å². The Balaban J connectivity index is 2.29. The maximum absolute atomic E-state index is 11.6. The molecule has 1 aromatic heterocycles. The van der Waals surface area contributed by atoms with E-state index in [1.54, 1.807) is 18.3 Å². The monoisotopic (exact) mass is 337 g/mol. The zero-order chi connectivity index (χ0) is 17.2. The number of primary sulfonamides is 1. The first kappa shape index (κ1) is 17.1. The Hall–Kier alpha value is -2.26. The minimum absolute atomic E-state index is 0.0171. The largest absolute Gasteiger partial charge is 0.368 e. The fourth-order valence-corrected chi connectivity index (χ4v) is 2.69. The smallest absolute Gasteiger partial charge is 0.242 e. The van der Waals surface area contributed by atoms with E-state index in [2.05, 4.69) is 10.3 Å². The average molecular weight is 337 g/mol. The standard InChI is InChI=1S/C14H19N5O3S/c1-9(2)7-13(14(15)20)19-8-12(17-18-19)10-3-5-11(6-4-10)23(16,21)22/h3-6,8-9,13H,7H2,1-2H3,(H2,15,20)(H2,16,21,22)/t13-/m0/s1. The molecular formula is C14H19N5O3S. The quantitative estimate of drug-likeness (QED) is 0.798. The number of carbonyl (C=O) groups is 1. The van der Waals surface area contributed by atoms with Gasteiger partial charge in [-0.3, -0.25) is 4.79 Å². The second-order valence-electron chi connectivity index (χ2n) is 5.70. The second kappa shape index (κ2) is 6.47. The van der Waals surface area contributed by atoms with E-state index in [9.17, 15) is 13.2 Å². The molecule has 0 spiro atoms. The minimum atomic E-state index is -3.74. The molecule has 0 unspecified atom stereocenters. The molecule has 1 aromatic carbocycles. The normalized spacial score (nSPS) is 13.2. The molecule has 0 aliphatic heterocycles. The summed E-state index contributed by atoms with van der Waals surface area (Å²) < 4.78 is 23.9. The van der Waals surface area contributed by atoms with Crippen LogP contribution >= 0.6 is 0 Å². The van der Waals surface area contributed by atoms with Crippen LogP contribution in [0.4, 0.5) is 0 Å². The van der Waals surface area contributed by atoms with Gasteiger partial charge in [0, 0.05) is 5.56 Å². The van der Waals surface area contributed by atoms with Crippen molar-refractivity contribution in [1.82, 2.24) is 15.0 Å². The van der Waals surface area contributed by atoms with Crippen molar-refractivity contribution in [3.63, 3.8) is 0 Å². The van der Waals surface area contributed by atoms with Crippen LogP contribution in [0.5, 0.6) is 0 Å². The average Bonchev–Trinajstić information content (AvgIpc) is 2.93. The number of hydrogen-bond acceptors (Lipinski definition) is 5. The Bertz CT molecular complexity index is 796. The summed E-state index contributed by atoms with van der Waals surface area (Å²) in [5.74, 6) is -0.200. The zero-order valence-electron chi connectivity index (χ0n) is 12.9. The first-order valence-electron chi connectivity index (χ1n) is 7.03. The highest BCUT2D eigenvalue weighted by molar-refractivity contribution is 7.89. The van der Waals surface area contributed by atoms with Crippen LogP contribution in [-0.2, 0) is 14.8 Å². The van der Waals surface area contributed by atoms with Gasteiger partial charge in [0.1, 0.15) is 11.7 Å². The molecule has 4 N–H and O–H groups in total. The van der Waals surface area contributed by atoms with Gasteiger partial charge in [0.15, 0.2) is 0 Å². The molecule has 124 valence electrons. The molecule has 0 radical (unpaired) electrons. The summed E-state index contributed by atoms with van der Waals surface area (Å²) in [7, 11) is -3.74. The number of aromatic nitrogens is 3. The number of primary amides is 1. The van der Waals surface area contributed by atoms with Crippen LogP contribution in [0.15, 0.2) is 35.4 Å². The summed E-state index contributed by atoms with van der Waals surface area (Å²) in [6.07, 6.45) is 2.17. The number of sulfonamides is 1. The number of benzene rings is 1. The predicted octanol–water partition coefficient (Wildman–Crippen LogP) is 0.665. The molecule has 0 saturated heterocycles. The third-order valence-corrected chi connectivity index (χ3v) is 4.26. The Morgan fingerprint density at radius 3 is 2.35 bits per heavy atom. The van der Waals surface area contributed by atoms with Gasteiger partial charge in [0.25, 0.3) is 0 Å². The predicted molar refractivity (Wildman–Crippen MR) is 84.5 cm³/mol. The molecule has 9 heteroatoms. The van der Waals surface area contributed by atoms with Crippen LogP contribution in [0, 0.1) is 5.92 Å². The molecule has 0 fully saturated rings. The Kier molecular flexibility index (Phi) is 4.81. The topological polar surface area (TPSA) is 134 Å². The maximum atomic E-state index is 11.6. The summed E-state index contributed by atoms with van der Waals surface area (Å²) in [5.41, 5.74) is 6.60. The number of rotatable bonds is 6. The van der Waals surface area contributed by atoms with Crippen LogP contribution in [0.1, 0.15) is 26.3 Å². The van der Waals surface area contributed by atoms with Crippen molar-refractivity contribution in [2.24, 2.45) is 16.8 Å². The van der Waals surface area contributed by atoms with Gasteiger partial charge in [-0.15, -0.1) is 5.10 Å². The van der Waals surface area contributed by atoms with Gasteiger partial charge in [-0.25, -0.2) is 18.2 Å². The fraction of sp³-hybridized carbons (Fsp3) is 0.357. The number of nitrogens with zero attached hydrogens (tertiary/aromatic N) is 3. The summed E-state index contributed by atoms with van der Waals surface area (Å²) in [6, 6.07) is 5.37. The lowest BCUT2D eigenvalue weighted by Crippen LogP contribution is -2.28. The van der Waals surface area contributed by atoms with Crippen molar-refractivity contribution >= 4 is 15.9 Å². The SMILES string of the molecule is CC(C)C[C@@H](C(N)=O)n1cc(-c2ccc(S(N)(=O)=O)cc2)nn1. The summed E-state index contributed by atoms with van der Waals surface area (Å²) >= 11 is 0. The Labute approximate surface area is 134 Å². The Morgan fingerprint density at radius 1 is 1.26 bits per heavy atom. The zero-order valence-corrected chi connectivity index (χ0v) is 13.7. The summed E-state index contributed by atoms with van der Waals surface area (Å²) in [6.45, 7) is 3.97. The lowest BCUT2D eigenvalue weighted by atomic mass is 10.0. The molecule has 0 saturated carbocycles. The highest BCUT2D eigenvalue weighted by atomic mass is 32.2. The molecule has 1 amide bonds. The number of carbonyl (C=O) groups excluding carboxylic acids is 1. The second-order valence-corrected chi connectivity index (χ2v) is 7.26. The van der Waals surface area contributed by atoms with E-state index in [0.717, 1.165) is 0 Å². The molecule has 2 aromatic rings. The third kappa shape index (κ3) is 4.14. The molecule has 2 rings (SSSR count). The van der Waals surface area contributed by atoms with E-state index in [1.165, 1.54) is 16.8 Å². The first-order chi connectivity index (χ1) is 10.7. The number of amides is 1. The molecule has 23 heavy (non-hydrogen) atoms. The van der Waals surface area contributed by atoms with E-state index in [4.69, 9.17) is 10.9 Å². The lowest BCUT2D eigenvalue weighted by molar-refractivity contribution is -0.121. The van der Waals surface area contributed by atoms with Crippen molar-refractivity contribution in [2.75, 3.05) is 0 Å². The molecule has 0 aliphatic rings. The first-order valence-corrected chi connectivity index (χ1v) is 8.57. The maximum Gasteiger partial charge on any atom is 0.242 e. The molecule has 0 bridgehead atoms. The highest BCUT2D eigenvalue weighted by Crippen LogP contribution is 2.22. The van der Waals surface area contributed by atoms with Crippen LogP contribution < -0.4 is 10.9 Å². The number of hydrogen-bond donors (Lipinski definition) is 2. The molecule has 1 atom stereocenters. The van der Waals surface area contributed by atoms with Crippen LogP contribution in [-0.4, -0.2) is 29.3 Å². The van der Waals surface area contributed by atoms with Crippen molar-refractivity contribution in [3.05, 3.63) is 30.5 Å². The van der Waals surface area contributed by atoms with Gasteiger partial charge < -0.3 is 5.73 Å². The minimum Gasteiger partial charge on any atom is -0.368 e. The van der Waals surface area contributed by atoms with Gasteiger partial charge in [-0.2, -0.15) is 0 Å². The molecular weight excluding hydrogens is 318 g/mol. The van der Waals surface area contributed by atoms with E-state index in [-0.39, 0.29) is 10.8 Å². The van der Waals surface area contributed by atoms with Crippen molar-refractivity contribution < 1.29 is 13.2 Å². The highest BCUT2D eigenvalue weighted by Gasteiger charge is 2.21. The molecule has 8 nitrogen and oxygen atoms in total. The third-order valence-electron chi connectivity index (χ3n) is 3.33. The van der Waals surface area contributed by atoms with Crippen molar-refractivity contribution in [1.29, 1.82) is 0 Å². The van der Waals surface area contributed by atoms with E-state index in [1.807, 2.05) is 13.8 Å². The fourth-order valence-electron chi connectivity index (χ4n) is 2.18. The van der Waals surface area contributed by atoms with Crippen molar-refractivity contribution in [2.45, 2.75) is 31.2 Å².